The number of hydrogen-bond acceptors (Lipinski definition) is 3. The molecule has 1 amide bonds. The van der Waals surface area contributed by atoms with E-state index >= 15 is 0 Å². The Kier molecular flexibility index (Phi) is 4.96. The molecule has 2 aromatic carbocycles. The molecule has 4 heteroatoms. The second-order valence-electron chi connectivity index (χ2n) is 4.37. The number of rotatable bonds is 5. The van der Waals surface area contributed by atoms with Gasteiger partial charge in [-0.1, -0.05) is 30.0 Å². The lowest BCUT2D eigenvalue weighted by molar-refractivity contribution is -0.124. The Morgan fingerprint density at radius 3 is 2.15 bits per heavy atom. The smallest absolute Gasteiger partial charge is 0.231 e. The van der Waals surface area contributed by atoms with Gasteiger partial charge in [0.25, 0.3) is 0 Å². The predicted molar refractivity (Wildman–Crippen MR) is 80.9 cm³/mol. The Labute approximate surface area is 122 Å². The quantitative estimate of drug-likeness (QED) is 0.851. The van der Waals surface area contributed by atoms with Crippen LogP contribution in [0.25, 0.3) is 0 Å². The van der Waals surface area contributed by atoms with E-state index in [1.54, 1.807) is 11.8 Å². The zero-order valence-corrected chi connectivity index (χ0v) is 11.9. The van der Waals surface area contributed by atoms with Crippen LogP contribution in [0.3, 0.4) is 0 Å². The van der Waals surface area contributed by atoms with Gasteiger partial charge in [0.1, 0.15) is 5.78 Å². The van der Waals surface area contributed by atoms with Crippen LogP contribution >= 0.6 is 11.8 Å². The normalized spacial score (nSPS) is 10.1. The number of anilines is 1. The summed E-state index contributed by atoms with van der Waals surface area (Å²) in [5.74, 6) is -0.417. The summed E-state index contributed by atoms with van der Waals surface area (Å²) in [5.41, 5.74) is 0.702. The van der Waals surface area contributed by atoms with Crippen molar-refractivity contribution in [2.45, 2.75) is 23.1 Å². The van der Waals surface area contributed by atoms with E-state index in [1.807, 2.05) is 54.6 Å². The summed E-state index contributed by atoms with van der Waals surface area (Å²) in [6, 6.07) is 17.6. The highest BCUT2D eigenvalue weighted by atomic mass is 32.2. The third-order valence-electron chi connectivity index (χ3n) is 2.53. The first-order valence-electron chi connectivity index (χ1n) is 6.26. The Balaban J connectivity index is 1.96. The van der Waals surface area contributed by atoms with Gasteiger partial charge in [-0.15, -0.1) is 0 Å². The third kappa shape index (κ3) is 4.55. The van der Waals surface area contributed by atoms with Crippen molar-refractivity contribution in [3.63, 3.8) is 0 Å². The highest BCUT2D eigenvalue weighted by Gasteiger charge is 2.05. The van der Waals surface area contributed by atoms with Crippen LogP contribution in [0, 0.1) is 0 Å². The zero-order valence-electron chi connectivity index (χ0n) is 11.1. The molecule has 0 unspecified atom stereocenters. The molecule has 0 saturated heterocycles. The number of carbonyl (C=O) groups is 2. The lowest BCUT2D eigenvalue weighted by atomic mass is 10.2. The van der Waals surface area contributed by atoms with E-state index in [9.17, 15) is 9.59 Å². The molecule has 3 nitrogen and oxygen atoms in total. The summed E-state index contributed by atoms with van der Waals surface area (Å²) in [7, 11) is 0. The molecule has 0 aromatic heterocycles. The van der Waals surface area contributed by atoms with Crippen molar-refractivity contribution in [2.75, 3.05) is 5.32 Å². The zero-order chi connectivity index (χ0) is 14.4. The van der Waals surface area contributed by atoms with Crippen molar-refractivity contribution in [1.29, 1.82) is 0 Å². The fraction of sp³-hybridized carbons (Fsp3) is 0.125. The fourth-order valence-corrected chi connectivity index (χ4v) is 2.50. The minimum atomic E-state index is -0.277. The molecule has 2 rings (SSSR count). The summed E-state index contributed by atoms with van der Waals surface area (Å²) in [6.45, 7) is 1.40. The minimum absolute atomic E-state index is 0.0828. The molecule has 0 bridgehead atoms. The number of benzene rings is 2. The molecule has 0 aliphatic rings. The van der Waals surface area contributed by atoms with E-state index < -0.39 is 0 Å². The summed E-state index contributed by atoms with van der Waals surface area (Å²) in [6.07, 6.45) is -0.0828. The molecule has 20 heavy (non-hydrogen) atoms. The van der Waals surface area contributed by atoms with Gasteiger partial charge in [-0.25, -0.2) is 0 Å². The second-order valence-corrected chi connectivity index (χ2v) is 5.51. The van der Waals surface area contributed by atoms with E-state index in [1.165, 1.54) is 11.8 Å². The first kappa shape index (κ1) is 14.3. The maximum Gasteiger partial charge on any atom is 0.231 e. The van der Waals surface area contributed by atoms with Crippen LogP contribution in [0.1, 0.15) is 13.3 Å². The maximum absolute atomic E-state index is 11.5. The van der Waals surface area contributed by atoms with Crippen LogP contribution in [0.2, 0.25) is 0 Å². The number of ketones is 1. The first-order chi connectivity index (χ1) is 9.63. The van der Waals surface area contributed by atoms with Crippen LogP contribution in [-0.2, 0) is 9.59 Å². The summed E-state index contributed by atoms with van der Waals surface area (Å²) >= 11 is 1.66. The van der Waals surface area contributed by atoms with Gasteiger partial charge >= 0.3 is 0 Å². The lowest BCUT2D eigenvalue weighted by Gasteiger charge is -2.05. The largest absolute Gasteiger partial charge is 0.326 e. The van der Waals surface area contributed by atoms with E-state index in [0.717, 1.165) is 4.90 Å². The molecule has 0 spiro atoms. The molecule has 0 fully saturated rings. The van der Waals surface area contributed by atoms with Crippen molar-refractivity contribution >= 4 is 29.1 Å². The van der Waals surface area contributed by atoms with Crippen molar-refractivity contribution in [2.24, 2.45) is 0 Å². The Bertz CT molecular complexity index is 594. The molecule has 0 saturated carbocycles. The van der Waals surface area contributed by atoms with E-state index in [4.69, 9.17) is 0 Å². The molecule has 0 aliphatic carbocycles. The Morgan fingerprint density at radius 1 is 0.950 bits per heavy atom. The van der Waals surface area contributed by atoms with Crippen molar-refractivity contribution < 1.29 is 9.59 Å². The van der Waals surface area contributed by atoms with Crippen LogP contribution in [0.5, 0.6) is 0 Å². The minimum Gasteiger partial charge on any atom is -0.326 e. The van der Waals surface area contributed by atoms with E-state index in [-0.39, 0.29) is 18.1 Å². The van der Waals surface area contributed by atoms with Gasteiger partial charge in [0.05, 0.1) is 6.42 Å². The van der Waals surface area contributed by atoms with E-state index in [0.29, 0.717) is 5.69 Å². The average Bonchev–Trinajstić information content (AvgIpc) is 2.41. The van der Waals surface area contributed by atoms with Gasteiger partial charge in [-0.05, 0) is 43.3 Å². The lowest BCUT2D eigenvalue weighted by Crippen LogP contribution is -2.14. The molecule has 0 aliphatic heterocycles. The summed E-state index contributed by atoms with van der Waals surface area (Å²) in [4.78, 5) is 24.6. The average molecular weight is 285 g/mol. The van der Waals surface area contributed by atoms with Gasteiger partial charge in [0.15, 0.2) is 0 Å². The van der Waals surface area contributed by atoms with Crippen LogP contribution in [0.4, 0.5) is 5.69 Å². The predicted octanol–water partition coefficient (Wildman–Crippen LogP) is 3.76. The van der Waals surface area contributed by atoms with Crippen LogP contribution < -0.4 is 5.32 Å². The summed E-state index contributed by atoms with van der Waals surface area (Å²) < 4.78 is 0. The highest BCUT2D eigenvalue weighted by molar-refractivity contribution is 7.99. The second kappa shape index (κ2) is 6.91. The van der Waals surface area contributed by atoms with Gasteiger partial charge < -0.3 is 5.32 Å². The number of amides is 1. The standard InChI is InChI=1S/C16H15NO2S/c1-12(18)11-16(19)17-13-7-9-15(10-8-13)20-14-5-3-2-4-6-14/h2-10H,11H2,1H3,(H,17,19). The van der Waals surface area contributed by atoms with E-state index in [2.05, 4.69) is 5.32 Å². The van der Waals surface area contributed by atoms with Crippen LogP contribution in [0.15, 0.2) is 64.4 Å². The molecule has 1 N–H and O–H groups in total. The summed E-state index contributed by atoms with van der Waals surface area (Å²) in [5, 5.41) is 2.70. The maximum atomic E-state index is 11.5. The van der Waals surface area contributed by atoms with Crippen LogP contribution in [-0.4, -0.2) is 11.7 Å². The molecule has 0 heterocycles. The van der Waals surface area contributed by atoms with Crippen molar-refractivity contribution in [3.8, 4) is 0 Å². The topological polar surface area (TPSA) is 46.2 Å². The molecule has 2 aromatic rings. The fourth-order valence-electron chi connectivity index (χ4n) is 1.66. The monoisotopic (exact) mass is 285 g/mol. The molecular formula is C16H15NO2S. The van der Waals surface area contributed by atoms with Gasteiger partial charge in [0, 0.05) is 15.5 Å². The number of Topliss-reactive ketones (excluding diaryl/α,β-unsaturated/α-hetero) is 1. The molecular weight excluding hydrogens is 270 g/mol. The van der Waals surface area contributed by atoms with Gasteiger partial charge in [0.2, 0.25) is 5.91 Å². The molecule has 102 valence electrons. The van der Waals surface area contributed by atoms with Crippen molar-refractivity contribution in [3.05, 3.63) is 54.6 Å². The first-order valence-corrected chi connectivity index (χ1v) is 7.07. The Hall–Kier alpha value is -2.07. The number of carbonyl (C=O) groups excluding carboxylic acids is 2. The number of hydrogen-bond donors (Lipinski definition) is 1. The third-order valence-corrected chi connectivity index (χ3v) is 3.54. The molecule has 0 radical (unpaired) electrons. The Morgan fingerprint density at radius 2 is 1.55 bits per heavy atom. The number of nitrogens with one attached hydrogen (secondary N) is 1. The van der Waals surface area contributed by atoms with Crippen molar-refractivity contribution in [1.82, 2.24) is 0 Å². The highest BCUT2D eigenvalue weighted by Crippen LogP contribution is 2.28. The SMILES string of the molecule is CC(=O)CC(=O)Nc1ccc(Sc2ccccc2)cc1. The molecule has 0 atom stereocenters. The van der Waals surface area contributed by atoms with Gasteiger partial charge in [-0.3, -0.25) is 9.59 Å². The van der Waals surface area contributed by atoms with Gasteiger partial charge in [-0.2, -0.15) is 0 Å².